The van der Waals surface area contributed by atoms with E-state index in [-0.39, 0.29) is 84.0 Å². The summed E-state index contributed by atoms with van der Waals surface area (Å²) in [5.41, 5.74) is 0. The largest absolute Gasteiger partial charge is 0.396 e. The Bertz CT molecular complexity index is 533. The van der Waals surface area contributed by atoms with Crippen molar-refractivity contribution in [1.82, 2.24) is 10.6 Å². The molecular weight excluding hydrogens is 479 g/mol. The minimum atomic E-state index is -3.67. The number of ether oxygens (including phenoxy) is 2. The molecule has 0 aliphatic rings. The van der Waals surface area contributed by atoms with E-state index >= 15 is 0 Å². The molecule has 0 aliphatic carbocycles. The van der Waals surface area contributed by atoms with Crippen molar-refractivity contribution >= 4 is 30.3 Å². The molecule has 33 heavy (non-hydrogen) atoms. The maximum atomic E-state index is 11.9. The molecule has 0 saturated heterocycles. The molecule has 0 aromatic heterocycles. The fourth-order valence-corrected chi connectivity index (χ4v) is 3.87. The van der Waals surface area contributed by atoms with Crippen molar-refractivity contribution in [3.63, 3.8) is 0 Å². The number of rotatable bonds is 23. The van der Waals surface area contributed by atoms with Crippen molar-refractivity contribution in [2.75, 3.05) is 65.9 Å². The van der Waals surface area contributed by atoms with Crippen molar-refractivity contribution in [3.8, 4) is 0 Å². The zero-order chi connectivity index (χ0) is 24.8. The first-order valence-electron chi connectivity index (χ1n) is 11.0. The van der Waals surface area contributed by atoms with E-state index < -0.39 is 12.8 Å². The lowest BCUT2D eigenvalue weighted by atomic mass is 10.2. The van der Waals surface area contributed by atoms with E-state index in [0.717, 1.165) is 0 Å². The van der Waals surface area contributed by atoms with E-state index in [1.165, 1.54) is 0 Å². The Balaban J connectivity index is 4.49. The van der Waals surface area contributed by atoms with E-state index in [9.17, 15) is 14.5 Å². The summed E-state index contributed by atoms with van der Waals surface area (Å²) in [6.07, 6.45) is 1.71. The molecule has 0 spiro atoms. The van der Waals surface area contributed by atoms with Gasteiger partial charge in [0.15, 0.2) is 0 Å². The van der Waals surface area contributed by atoms with Gasteiger partial charge in [-0.2, -0.15) is 0 Å². The number of carbonyl (C=O) groups is 2. The van der Waals surface area contributed by atoms with Crippen molar-refractivity contribution < 1.29 is 48.3 Å². The number of nitrogens with one attached hydrogen (secondary N) is 2. The molecule has 196 valence electrons. The second kappa shape index (κ2) is 21.8. The van der Waals surface area contributed by atoms with Gasteiger partial charge in [0.1, 0.15) is 6.10 Å². The van der Waals surface area contributed by atoms with Crippen LogP contribution in [0.3, 0.4) is 0 Å². The van der Waals surface area contributed by atoms with E-state index in [0.29, 0.717) is 32.3 Å². The molecule has 1 unspecified atom stereocenters. The number of aliphatic hydroxyl groups is 3. The van der Waals surface area contributed by atoms with Crippen LogP contribution in [0.1, 0.15) is 38.5 Å². The zero-order valence-corrected chi connectivity index (χ0v) is 20.7. The van der Waals surface area contributed by atoms with Gasteiger partial charge in [-0.3, -0.25) is 9.59 Å². The minimum Gasteiger partial charge on any atom is -0.396 e. The monoisotopic (exact) mass is 518 g/mol. The van der Waals surface area contributed by atoms with E-state index in [1.807, 2.05) is 0 Å². The third-order valence-corrected chi connectivity index (χ3v) is 5.70. The Morgan fingerprint density at radius 1 is 0.758 bits per heavy atom. The molecule has 0 bridgehead atoms. The van der Waals surface area contributed by atoms with Crippen LogP contribution < -0.4 is 10.6 Å². The first-order valence-corrected chi connectivity index (χ1v) is 13.6. The maximum Gasteiger partial charge on any atom is 0.324 e. The van der Waals surface area contributed by atoms with E-state index in [2.05, 4.69) is 10.6 Å². The molecule has 0 radical (unpaired) electrons. The highest BCUT2D eigenvalue weighted by Gasteiger charge is 2.23. The lowest BCUT2D eigenvalue weighted by molar-refractivity contribution is -0.121. The second-order valence-corrected chi connectivity index (χ2v) is 9.74. The van der Waals surface area contributed by atoms with E-state index in [4.69, 9.17) is 45.6 Å². The van der Waals surface area contributed by atoms with Gasteiger partial charge in [0.05, 0.1) is 39.6 Å². The molecule has 0 aliphatic heterocycles. The molecule has 6 N–H and O–H groups in total. The average molecular weight is 519 g/mol. The van der Waals surface area contributed by atoms with Crippen molar-refractivity contribution in [3.05, 3.63) is 0 Å². The first kappa shape index (κ1) is 32.3. The van der Waals surface area contributed by atoms with Gasteiger partial charge in [-0.05, 0) is 37.5 Å². The van der Waals surface area contributed by atoms with Crippen LogP contribution in [0.4, 0.5) is 0 Å². The number of hydrogen-bond acceptors (Lipinski definition) is 10. The maximum absolute atomic E-state index is 11.9. The lowest BCUT2D eigenvalue weighted by Gasteiger charge is -2.24. The van der Waals surface area contributed by atoms with Gasteiger partial charge >= 0.3 is 6.72 Å². The fourth-order valence-electron chi connectivity index (χ4n) is 2.39. The molecule has 2 amide bonds. The number of aliphatic hydroxyl groups excluding tert-OH is 3. The van der Waals surface area contributed by atoms with Gasteiger partial charge in [-0.15, -0.1) is 0 Å². The highest BCUT2D eigenvalue weighted by molar-refractivity contribution is 8.07. The van der Waals surface area contributed by atoms with Crippen LogP contribution in [0.25, 0.3) is 0 Å². The Morgan fingerprint density at radius 3 is 1.73 bits per heavy atom. The zero-order valence-electron chi connectivity index (χ0n) is 19.0. The third-order valence-electron chi connectivity index (χ3n) is 4.05. The molecule has 14 heteroatoms. The Hall–Kier alpha value is -0.730. The van der Waals surface area contributed by atoms with Gasteiger partial charge in [0, 0.05) is 39.1 Å². The van der Waals surface area contributed by atoms with Gasteiger partial charge in [0.25, 0.3) is 0 Å². The van der Waals surface area contributed by atoms with E-state index in [1.54, 1.807) is 0 Å². The Labute approximate surface area is 200 Å². The van der Waals surface area contributed by atoms with Crippen molar-refractivity contribution in [2.24, 2.45) is 0 Å². The Kier molecular flexibility index (Phi) is 21.3. The number of unbranched alkanes of at least 4 members (excludes halogenated alkanes) is 2. The van der Waals surface area contributed by atoms with Crippen LogP contribution in [0.2, 0.25) is 0 Å². The second-order valence-electron chi connectivity index (χ2n) is 6.95. The topological polar surface area (TPSA) is 176 Å². The average Bonchev–Trinajstić information content (AvgIpc) is 2.77. The predicted octanol–water partition coefficient (Wildman–Crippen LogP) is -0.812. The van der Waals surface area contributed by atoms with Gasteiger partial charge in [-0.25, -0.2) is 0 Å². The smallest absolute Gasteiger partial charge is 0.324 e. The van der Waals surface area contributed by atoms with Crippen LogP contribution in [0.15, 0.2) is 0 Å². The number of amides is 2. The Morgan fingerprint density at radius 2 is 1.24 bits per heavy atom. The normalized spacial score (nSPS) is 13.1. The van der Waals surface area contributed by atoms with Crippen LogP contribution in [0, 0.1) is 0 Å². The molecule has 12 nitrogen and oxygen atoms in total. The van der Waals surface area contributed by atoms with Crippen LogP contribution in [-0.4, -0.2) is 104 Å². The summed E-state index contributed by atoms with van der Waals surface area (Å²) in [5, 5.41) is 31.5. The standard InChI is InChI=1S/C19H39N2O10PS/c22-7-3-1-5-18(25)20-15-17(16-21-19(26)6-2-4-8-23)31-32(27,33)30-14-13-29-12-11-28-10-9-24/h17,22-24H,1-16H2,(H,20,25)(H,21,26)(H,27,33). The van der Waals surface area contributed by atoms with Gasteiger partial charge in [-0.1, -0.05) is 0 Å². The summed E-state index contributed by atoms with van der Waals surface area (Å²) >= 11 is 5.02. The molecule has 0 aromatic carbocycles. The SMILES string of the molecule is O=C(CCCCO)NCC(CNC(=O)CCCCO)OP(O)(=S)OCCOCCOCCO. The third kappa shape index (κ3) is 21.5. The molecule has 1 atom stereocenters. The summed E-state index contributed by atoms with van der Waals surface area (Å²) in [6, 6.07) is 0. The minimum absolute atomic E-state index is 0.00408. The van der Waals surface area contributed by atoms with Crippen molar-refractivity contribution in [1.29, 1.82) is 0 Å². The predicted molar refractivity (Wildman–Crippen MR) is 124 cm³/mol. The van der Waals surface area contributed by atoms with Crippen molar-refractivity contribution in [2.45, 2.75) is 44.6 Å². The summed E-state index contributed by atoms with van der Waals surface area (Å²) in [7, 11) is 0. The van der Waals surface area contributed by atoms with Crippen LogP contribution in [-0.2, 0) is 39.9 Å². The fraction of sp³-hybridized carbons (Fsp3) is 0.895. The molecular formula is C19H39N2O10PS. The molecule has 0 rings (SSSR count). The van der Waals surface area contributed by atoms with Crippen LogP contribution >= 0.6 is 6.72 Å². The van der Waals surface area contributed by atoms with Gasteiger partial charge < -0.3 is 49.4 Å². The lowest BCUT2D eigenvalue weighted by Crippen LogP contribution is -2.41. The molecule has 0 aromatic rings. The number of carbonyl (C=O) groups excluding carboxylic acids is 2. The molecule has 0 fully saturated rings. The summed E-state index contributed by atoms with van der Waals surface area (Å²) in [6.45, 7) is -2.80. The highest BCUT2D eigenvalue weighted by Crippen LogP contribution is 2.44. The molecule has 0 saturated carbocycles. The van der Waals surface area contributed by atoms with Crippen LogP contribution in [0.5, 0.6) is 0 Å². The van der Waals surface area contributed by atoms with Gasteiger partial charge in [0.2, 0.25) is 11.8 Å². The quantitative estimate of drug-likeness (QED) is 0.0737. The molecule has 0 heterocycles. The summed E-state index contributed by atoms with van der Waals surface area (Å²) in [5.74, 6) is -0.509. The highest BCUT2D eigenvalue weighted by atomic mass is 32.5. The first-order chi connectivity index (χ1) is 15.8. The summed E-state index contributed by atoms with van der Waals surface area (Å²) in [4.78, 5) is 34.2. The number of hydrogen-bond donors (Lipinski definition) is 6. The summed E-state index contributed by atoms with van der Waals surface area (Å²) < 4.78 is 21.0.